The van der Waals surface area contributed by atoms with Gasteiger partial charge in [0.25, 0.3) is 0 Å². The molecule has 26 heavy (non-hydrogen) atoms. The summed E-state index contributed by atoms with van der Waals surface area (Å²) in [4.78, 5) is 11.9. The van der Waals surface area contributed by atoms with E-state index in [2.05, 4.69) is 30.9 Å². The van der Waals surface area contributed by atoms with E-state index in [1.807, 2.05) is 35.3 Å². The Morgan fingerprint density at radius 3 is 2.85 bits per heavy atom. The zero-order chi connectivity index (χ0) is 18.5. The first kappa shape index (κ1) is 17.8. The lowest BCUT2D eigenvalue weighted by molar-refractivity contribution is 0.218. The molecule has 5 nitrogen and oxygen atoms in total. The highest BCUT2D eigenvalue weighted by Gasteiger charge is 2.31. The molecule has 0 amide bonds. The predicted octanol–water partition coefficient (Wildman–Crippen LogP) is 4.45. The van der Waals surface area contributed by atoms with Crippen LogP contribution in [0.5, 0.6) is 0 Å². The first-order valence-corrected chi connectivity index (χ1v) is 10.8. The molecule has 0 bridgehead atoms. The summed E-state index contributed by atoms with van der Waals surface area (Å²) >= 11 is 3.43. The molecule has 2 N–H and O–H groups in total. The van der Waals surface area contributed by atoms with Gasteiger partial charge in [0.15, 0.2) is 5.16 Å². The van der Waals surface area contributed by atoms with Gasteiger partial charge in [0.2, 0.25) is 0 Å². The van der Waals surface area contributed by atoms with Crippen LogP contribution in [-0.4, -0.2) is 19.7 Å². The van der Waals surface area contributed by atoms with Crippen LogP contribution in [0.2, 0.25) is 0 Å². The number of nitrogens with two attached hydrogens (primary N) is 1. The van der Waals surface area contributed by atoms with E-state index in [1.165, 1.54) is 16.9 Å². The topological polar surface area (TPSA) is 69.6 Å². The molecule has 4 rings (SSSR count). The van der Waals surface area contributed by atoms with E-state index in [0.29, 0.717) is 11.2 Å². The van der Waals surface area contributed by atoms with Crippen molar-refractivity contribution in [3.63, 3.8) is 0 Å². The van der Waals surface area contributed by atoms with Crippen molar-refractivity contribution in [3.05, 3.63) is 28.4 Å². The van der Waals surface area contributed by atoms with E-state index in [1.54, 1.807) is 11.8 Å². The first-order chi connectivity index (χ1) is 12.3. The van der Waals surface area contributed by atoms with Gasteiger partial charge < -0.3 is 5.73 Å². The molecule has 3 aromatic heterocycles. The van der Waals surface area contributed by atoms with Gasteiger partial charge in [0, 0.05) is 29.6 Å². The molecular formula is C19H25N5S2. The lowest BCUT2D eigenvalue weighted by atomic mass is 9.72. The lowest BCUT2D eigenvalue weighted by Crippen LogP contribution is -2.26. The Bertz CT molecular complexity index is 951. The molecule has 0 saturated carbocycles. The maximum absolute atomic E-state index is 6.35. The highest BCUT2D eigenvalue weighted by molar-refractivity contribution is 7.98. The molecule has 138 valence electrons. The van der Waals surface area contributed by atoms with Crippen molar-refractivity contribution in [2.45, 2.75) is 50.9 Å². The minimum Gasteiger partial charge on any atom is -0.383 e. The van der Waals surface area contributed by atoms with Gasteiger partial charge in [-0.1, -0.05) is 32.5 Å². The summed E-state index contributed by atoms with van der Waals surface area (Å²) in [6, 6.07) is 2.02. The third-order valence-corrected chi connectivity index (χ3v) is 7.44. The number of thiophene rings is 1. The van der Waals surface area contributed by atoms with E-state index in [-0.39, 0.29) is 0 Å². The van der Waals surface area contributed by atoms with Crippen molar-refractivity contribution in [2.75, 3.05) is 5.73 Å². The van der Waals surface area contributed by atoms with Crippen LogP contribution in [0.4, 0.5) is 5.82 Å². The highest BCUT2D eigenvalue weighted by atomic mass is 32.2. The summed E-state index contributed by atoms with van der Waals surface area (Å²) < 4.78 is 1.88. The second-order valence-electron chi connectivity index (χ2n) is 8.12. The molecule has 0 fully saturated rings. The highest BCUT2D eigenvalue weighted by Crippen LogP contribution is 2.44. The summed E-state index contributed by atoms with van der Waals surface area (Å²) in [6.07, 6.45) is 5.26. The number of hydrogen-bond acceptors (Lipinski definition) is 6. The SMILES string of the molecule is Cn1nccc1CSc1nc(N)c2c3c(sc2n1)CC(C(C)(C)C)CC3. The van der Waals surface area contributed by atoms with Crippen molar-refractivity contribution < 1.29 is 0 Å². The normalized spacial score (nSPS) is 17.6. The Labute approximate surface area is 162 Å². The third kappa shape index (κ3) is 3.22. The molecule has 1 aliphatic carbocycles. The fraction of sp³-hybridized carbons (Fsp3) is 0.526. The van der Waals surface area contributed by atoms with Gasteiger partial charge in [0.1, 0.15) is 10.6 Å². The Morgan fingerprint density at radius 2 is 2.15 bits per heavy atom. The molecule has 0 aliphatic heterocycles. The molecule has 1 unspecified atom stereocenters. The van der Waals surface area contributed by atoms with Gasteiger partial charge in [-0.3, -0.25) is 4.68 Å². The van der Waals surface area contributed by atoms with E-state index in [4.69, 9.17) is 10.7 Å². The van der Waals surface area contributed by atoms with E-state index in [0.717, 1.165) is 45.6 Å². The van der Waals surface area contributed by atoms with E-state index >= 15 is 0 Å². The van der Waals surface area contributed by atoms with Crippen molar-refractivity contribution >= 4 is 39.1 Å². The van der Waals surface area contributed by atoms with Crippen LogP contribution in [0.1, 0.15) is 43.3 Å². The maximum atomic E-state index is 6.35. The van der Waals surface area contributed by atoms with Gasteiger partial charge in [-0.2, -0.15) is 5.10 Å². The average molecular weight is 388 g/mol. The number of nitrogens with zero attached hydrogens (tertiary/aromatic N) is 4. The van der Waals surface area contributed by atoms with E-state index in [9.17, 15) is 0 Å². The fourth-order valence-electron chi connectivity index (χ4n) is 3.67. The molecule has 3 heterocycles. The monoisotopic (exact) mass is 387 g/mol. The number of aromatic nitrogens is 4. The van der Waals surface area contributed by atoms with Crippen LogP contribution in [0.15, 0.2) is 17.4 Å². The van der Waals surface area contributed by atoms with Crippen LogP contribution in [0.25, 0.3) is 10.2 Å². The Hall–Kier alpha value is -1.60. The summed E-state index contributed by atoms with van der Waals surface area (Å²) in [6.45, 7) is 7.03. The lowest BCUT2D eigenvalue weighted by Gasteiger charge is -2.33. The van der Waals surface area contributed by atoms with Crippen molar-refractivity contribution in [3.8, 4) is 0 Å². The molecule has 0 saturated heterocycles. The van der Waals surface area contributed by atoms with Gasteiger partial charge in [-0.25, -0.2) is 9.97 Å². The van der Waals surface area contributed by atoms with Gasteiger partial charge in [-0.15, -0.1) is 11.3 Å². The minimum atomic E-state index is 0.342. The number of fused-ring (bicyclic) bond motifs is 3. The molecule has 0 radical (unpaired) electrons. The summed E-state index contributed by atoms with van der Waals surface area (Å²) in [5, 5.41) is 6.06. The van der Waals surface area contributed by atoms with Gasteiger partial charge in [0.05, 0.1) is 5.39 Å². The summed E-state index contributed by atoms with van der Waals surface area (Å²) in [5.41, 5.74) is 9.24. The molecule has 3 aromatic rings. The quantitative estimate of drug-likeness (QED) is 0.531. The number of nitrogen functional groups attached to an aromatic ring is 1. The predicted molar refractivity (Wildman–Crippen MR) is 110 cm³/mol. The number of rotatable bonds is 3. The Kier molecular flexibility index (Phi) is 4.47. The average Bonchev–Trinajstić information content (AvgIpc) is 3.14. The van der Waals surface area contributed by atoms with Crippen LogP contribution < -0.4 is 5.73 Å². The molecule has 0 aromatic carbocycles. The standard InChI is InChI=1S/C19H25N5S2/c1-19(2,3)11-5-6-13-14(9-11)26-17-15(13)16(20)22-18(23-17)25-10-12-7-8-21-24(12)4/h7-8,11H,5-6,9-10H2,1-4H3,(H2,20,22,23). The number of aryl methyl sites for hydroxylation is 2. The molecule has 1 atom stereocenters. The minimum absolute atomic E-state index is 0.342. The first-order valence-electron chi connectivity index (χ1n) is 9.00. The third-order valence-electron chi connectivity index (χ3n) is 5.41. The molecular weight excluding hydrogens is 362 g/mol. The van der Waals surface area contributed by atoms with Crippen molar-refractivity contribution in [1.29, 1.82) is 0 Å². The zero-order valence-corrected chi connectivity index (χ0v) is 17.4. The summed E-state index contributed by atoms with van der Waals surface area (Å²) in [7, 11) is 1.95. The summed E-state index contributed by atoms with van der Waals surface area (Å²) in [5.74, 6) is 2.14. The molecule has 1 aliphatic rings. The second kappa shape index (κ2) is 6.53. The van der Waals surface area contributed by atoms with E-state index < -0.39 is 0 Å². The number of anilines is 1. The smallest absolute Gasteiger partial charge is 0.191 e. The Balaban J connectivity index is 1.63. The maximum Gasteiger partial charge on any atom is 0.191 e. The number of thioether (sulfide) groups is 1. The van der Waals surface area contributed by atoms with Crippen molar-refractivity contribution in [1.82, 2.24) is 19.7 Å². The Morgan fingerprint density at radius 1 is 1.35 bits per heavy atom. The van der Waals surface area contributed by atoms with Crippen LogP contribution in [-0.2, 0) is 25.6 Å². The van der Waals surface area contributed by atoms with Crippen LogP contribution in [0, 0.1) is 11.3 Å². The van der Waals surface area contributed by atoms with Crippen molar-refractivity contribution in [2.24, 2.45) is 18.4 Å². The zero-order valence-electron chi connectivity index (χ0n) is 15.7. The van der Waals surface area contributed by atoms with Gasteiger partial charge in [-0.05, 0) is 42.2 Å². The molecule has 7 heteroatoms. The molecule has 0 spiro atoms. The van der Waals surface area contributed by atoms with Gasteiger partial charge >= 0.3 is 0 Å². The van der Waals surface area contributed by atoms with Crippen LogP contribution in [0.3, 0.4) is 0 Å². The largest absolute Gasteiger partial charge is 0.383 e. The van der Waals surface area contributed by atoms with Crippen LogP contribution >= 0.6 is 23.1 Å². The fourth-order valence-corrected chi connectivity index (χ4v) is 5.91. The second-order valence-corrected chi connectivity index (χ2v) is 10.1. The number of hydrogen-bond donors (Lipinski definition) is 1.